The zero-order chi connectivity index (χ0) is 22.3. The normalized spacial score (nSPS) is 13.6. The van der Waals surface area contributed by atoms with Gasteiger partial charge >= 0.3 is 5.97 Å². The van der Waals surface area contributed by atoms with E-state index in [-0.39, 0.29) is 17.9 Å². The van der Waals surface area contributed by atoms with Crippen LogP contribution in [0.2, 0.25) is 0 Å². The van der Waals surface area contributed by atoms with Crippen molar-refractivity contribution >= 4 is 5.97 Å². The minimum atomic E-state index is -0.518. The lowest BCUT2D eigenvalue weighted by atomic mass is 9.91. The van der Waals surface area contributed by atoms with Gasteiger partial charge in [-0.2, -0.15) is 0 Å². The molecule has 0 bridgehead atoms. The molecule has 31 heavy (non-hydrogen) atoms. The molecule has 0 saturated carbocycles. The van der Waals surface area contributed by atoms with Gasteiger partial charge in [0.2, 0.25) is 0 Å². The molecule has 0 N–H and O–H groups in total. The van der Waals surface area contributed by atoms with Crippen LogP contribution in [0.4, 0.5) is 0 Å². The number of ether oxygens (including phenoxy) is 1. The van der Waals surface area contributed by atoms with Crippen molar-refractivity contribution in [2.75, 3.05) is 0 Å². The number of carbonyl (C=O) groups excluding carboxylic acids is 1. The summed E-state index contributed by atoms with van der Waals surface area (Å²) in [6, 6.07) is 31.0. The Morgan fingerprint density at radius 1 is 0.774 bits per heavy atom. The zero-order valence-corrected chi connectivity index (χ0v) is 19.0. The van der Waals surface area contributed by atoms with Gasteiger partial charge in [0.15, 0.2) is 0 Å². The first-order chi connectivity index (χ1) is 14.8. The van der Waals surface area contributed by atoms with Gasteiger partial charge in [0.25, 0.3) is 0 Å². The van der Waals surface area contributed by atoms with Crippen LogP contribution in [0.25, 0.3) is 0 Å². The third kappa shape index (κ3) is 6.80. The van der Waals surface area contributed by atoms with Crippen molar-refractivity contribution in [1.82, 2.24) is 4.90 Å². The van der Waals surface area contributed by atoms with E-state index < -0.39 is 5.60 Å². The average molecular weight is 416 g/mol. The van der Waals surface area contributed by atoms with E-state index in [0.29, 0.717) is 0 Å². The van der Waals surface area contributed by atoms with Crippen molar-refractivity contribution < 1.29 is 9.53 Å². The number of nitrogens with zero attached hydrogens (tertiary/aromatic N) is 1. The van der Waals surface area contributed by atoms with E-state index in [9.17, 15) is 4.79 Å². The van der Waals surface area contributed by atoms with Gasteiger partial charge in [-0.25, -0.2) is 0 Å². The third-order valence-electron chi connectivity index (χ3n) is 5.24. The molecule has 3 aromatic carbocycles. The molecule has 0 heterocycles. The summed E-state index contributed by atoms with van der Waals surface area (Å²) in [7, 11) is 0. The molecule has 0 radical (unpaired) electrons. The van der Waals surface area contributed by atoms with E-state index in [0.717, 1.165) is 18.7 Å². The van der Waals surface area contributed by atoms with E-state index in [2.05, 4.69) is 65.6 Å². The summed E-state index contributed by atoms with van der Waals surface area (Å²) < 4.78 is 5.79. The predicted molar refractivity (Wildman–Crippen MR) is 126 cm³/mol. The quantitative estimate of drug-likeness (QED) is 0.398. The molecule has 3 rings (SSSR count). The lowest BCUT2D eigenvalue weighted by molar-refractivity contribution is -0.162. The maximum absolute atomic E-state index is 13.1. The highest BCUT2D eigenvalue weighted by Gasteiger charge is 2.33. The second-order valence-corrected chi connectivity index (χ2v) is 9.05. The smallest absolute Gasteiger partial charge is 0.311 e. The summed E-state index contributed by atoms with van der Waals surface area (Å²) in [4.78, 5) is 15.5. The lowest BCUT2D eigenvalue weighted by Gasteiger charge is -2.36. The Kier molecular flexibility index (Phi) is 7.64. The van der Waals surface area contributed by atoms with Crippen LogP contribution in [0.15, 0.2) is 91.0 Å². The second-order valence-electron chi connectivity index (χ2n) is 9.05. The van der Waals surface area contributed by atoms with Crippen LogP contribution in [0, 0.1) is 5.92 Å². The Bertz CT molecular complexity index is 892. The topological polar surface area (TPSA) is 29.5 Å². The number of hydrogen-bond donors (Lipinski definition) is 0. The van der Waals surface area contributed by atoms with Crippen LogP contribution in [-0.4, -0.2) is 16.5 Å². The van der Waals surface area contributed by atoms with E-state index in [1.165, 1.54) is 11.1 Å². The number of esters is 1. The molecule has 3 aromatic rings. The highest BCUT2D eigenvalue weighted by atomic mass is 16.6. The van der Waals surface area contributed by atoms with Gasteiger partial charge in [0, 0.05) is 19.1 Å². The Morgan fingerprint density at radius 2 is 1.19 bits per heavy atom. The molecular formula is C28H33NO2. The van der Waals surface area contributed by atoms with E-state index >= 15 is 0 Å². The minimum absolute atomic E-state index is 0.114. The van der Waals surface area contributed by atoms with Gasteiger partial charge in [-0.1, -0.05) is 97.9 Å². The van der Waals surface area contributed by atoms with Crippen molar-refractivity contribution in [3.8, 4) is 0 Å². The zero-order valence-electron chi connectivity index (χ0n) is 19.0. The first-order valence-electron chi connectivity index (χ1n) is 10.9. The molecule has 3 nitrogen and oxygen atoms in total. The molecule has 0 aliphatic carbocycles. The number of hydrogen-bond acceptors (Lipinski definition) is 3. The van der Waals surface area contributed by atoms with Gasteiger partial charge in [0.1, 0.15) is 5.60 Å². The lowest BCUT2D eigenvalue weighted by Crippen LogP contribution is -2.38. The van der Waals surface area contributed by atoms with Crippen LogP contribution in [0.1, 0.15) is 50.4 Å². The standard InChI is InChI=1S/C28H33NO2/c1-22(27(30)31-28(2,3)4)26(25-18-12-7-13-19-25)29(20-23-14-8-5-9-15-23)21-24-16-10-6-11-17-24/h5-19,22,26H,20-21H2,1-4H3/t22-,26-/m0/s1. The summed E-state index contributed by atoms with van der Waals surface area (Å²) in [6.45, 7) is 9.21. The molecule has 0 spiro atoms. The van der Waals surface area contributed by atoms with E-state index in [4.69, 9.17) is 4.74 Å². The first kappa shape index (κ1) is 22.8. The van der Waals surface area contributed by atoms with Crippen LogP contribution in [0.5, 0.6) is 0 Å². The molecular weight excluding hydrogens is 382 g/mol. The largest absolute Gasteiger partial charge is 0.460 e. The fourth-order valence-electron chi connectivity index (χ4n) is 3.88. The molecule has 0 unspecified atom stereocenters. The molecule has 0 aliphatic rings. The Labute approximate surface area is 186 Å². The highest BCUT2D eigenvalue weighted by molar-refractivity contribution is 5.73. The van der Waals surface area contributed by atoms with Crippen LogP contribution < -0.4 is 0 Å². The minimum Gasteiger partial charge on any atom is -0.460 e. The average Bonchev–Trinajstić information content (AvgIpc) is 2.75. The van der Waals surface area contributed by atoms with Crippen LogP contribution in [-0.2, 0) is 22.6 Å². The molecule has 0 aromatic heterocycles. The van der Waals surface area contributed by atoms with Crippen molar-refractivity contribution in [1.29, 1.82) is 0 Å². The van der Waals surface area contributed by atoms with Crippen molar-refractivity contribution in [2.45, 2.75) is 52.4 Å². The molecule has 2 atom stereocenters. The van der Waals surface area contributed by atoms with Crippen LogP contribution in [0.3, 0.4) is 0 Å². The Hall–Kier alpha value is -2.91. The monoisotopic (exact) mass is 415 g/mol. The Balaban J connectivity index is 1.99. The van der Waals surface area contributed by atoms with E-state index in [1.807, 2.05) is 58.0 Å². The second kappa shape index (κ2) is 10.4. The van der Waals surface area contributed by atoms with Gasteiger partial charge in [-0.15, -0.1) is 0 Å². The van der Waals surface area contributed by atoms with Crippen molar-refractivity contribution in [3.63, 3.8) is 0 Å². The number of benzene rings is 3. The number of rotatable bonds is 8. The molecule has 162 valence electrons. The molecule has 0 amide bonds. The number of carbonyl (C=O) groups is 1. The third-order valence-corrected chi connectivity index (χ3v) is 5.24. The van der Waals surface area contributed by atoms with Crippen molar-refractivity contribution in [3.05, 3.63) is 108 Å². The maximum Gasteiger partial charge on any atom is 0.311 e. The SMILES string of the molecule is C[C@H](C(=O)OC(C)(C)C)[C@@H](c1ccccc1)N(Cc1ccccc1)Cc1ccccc1. The first-order valence-corrected chi connectivity index (χ1v) is 10.9. The van der Waals surface area contributed by atoms with Crippen LogP contribution >= 0.6 is 0 Å². The van der Waals surface area contributed by atoms with Gasteiger partial charge < -0.3 is 4.74 Å². The molecule has 0 saturated heterocycles. The Morgan fingerprint density at radius 3 is 1.61 bits per heavy atom. The van der Waals surface area contributed by atoms with Gasteiger partial charge in [-0.3, -0.25) is 9.69 Å². The van der Waals surface area contributed by atoms with Gasteiger partial charge in [0.05, 0.1) is 5.92 Å². The van der Waals surface area contributed by atoms with Gasteiger partial charge in [-0.05, 0) is 37.5 Å². The molecule has 0 aliphatic heterocycles. The summed E-state index contributed by atoms with van der Waals surface area (Å²) in [5, 5.41) is 0. The molecule has 0 fully saturated rings. The highest BCUT2D eigenvalue weighted by Crippen LogP contribution is 2.33. The summed E-state index contributed by atoms with van der Waals surface area (Å²) in [6.07, 6.45) is 0. The fourth-order valence-corrected chi connectivity index (χ4v) is 3.88. The summed E-state index contributed by atoms with van der Waals surface area (Å²) in [5.41, 5.74) is 3.04. The summed E-state index contributed by atoms with van der Waals surface area (Å²) >= 11 is 0. The predicted octanol–water partition coefficient (Wildman–Crippen LogP) is 6.41. The fraction of sp³-hybridized carbons (Fsp3) is 0.321. The summed E-state index contributed by atoms with van der Waals surface area (Å²) in [5.74, 6) is -0.499. The van der Waals surface area contributed by atoms with E-state index in [1.54, 1.807) is 0 Å². The maximum atomic E-state index is 13.1. The van der Waals surface area contributed by atoms with Crippen molar-refractivity contribution in [2.24, 2.45) is 5.92 Å². The molecule has 3 heteroatoms.